The van der Waals surface area contributed by atoms with Crippen molar-refractivity contribution in [2.45, 2.75) is 22.6 Å². The SMILES string of the molecule is NC(=O)c1cccc(S(=O)(=O)c2cnc(NCC3CCOCC3)c([N+](=O)[O-])c2)c1Oc1cnc2[nH]ccc2c1. The van der Waals surface area contributed by atoms with Gasteiger partial charge in [-0.25, -0.2) is 18.4 Å². The van der Waals surface area contributed by atoms with Gasteiger partial charge in [0.2, 0.25) is 15.7 Å². The van der Waals surface area contributed by atoms with Gasteiger partial charge in [-0.15, -0.1) is 0 Å². The van der Waals surface area contributed by atoms with Crippen molar-refractivity contribution in [2.24, 2.45) is 11.7 Å². The largest absolute Gasteiger partial charge is 0.453 e. The van der Waals surface area contributed by atoms with Gasteiger partial charge in [0, 0.05) is 43.6 Å². The van der Waals surface area contributed by atoms with E-state index in [9.17, 15) is 23.3 Å². The number of pyridine rings is 2. The molecule has 202 valence electrons. The summed E-state index contributed by atoms with van der Waals surface area (Å²) in [6.45, 7) is 1.66. The Balaban J connectivity index is 1.52. The predicted octanol–water partition coefficient (Wildman–Crippen LogP) is 3.43. The number of carbonyl (C=O) groups excluding carboxylic acids is 1. The zero-order valence-corrected chi connectivity index (χ0v) is 21.3. The minimum Gasteiger partial charge on any atom is -0.453 e. The minimum absolute atomic E-state index is 0.0429. The minimum atomic E-state index is -4.46. The standard InChI is InChI=1S/C25H24N6O7S/c26-23(32)19-2-1-3-21(22(19)38-17-10-16-4-7-27-24(16)29-13-17)39(35,36)18-11-20(31(33)34)25(30-14-18)28-12-15-5-8-37-9-6-15/h1-4,7,10-11,13-15H,5-6,8-9,12H2,(H2,26,32)(H,27,29)(H,28,30). The first kappa shape index (κ1) is 26.1. The molecule has 0 bridgehead atoms. The second kappa shape index (κ2) is 10.7. The van der Waals surface area contributed by atoms with Gasteiger partial charge in [-0.05, 0) is 43.0 Å². The number of para-hydroxylation sites is 1. The number of hydrogen-bond acceptors (Lipinski definition) is 10. The lowest BCUT2D eigenvalue weighted by atomic mass is 10.0. The highest BCUT2D eigenvalue weighted by Crippen LogP contribution is 2.37. The molecule has 1 aliphatic rings. The van der Waals surface area contributed by atoms with Gasteiger partial charge in [-0.2, -0.15) is 0 Å². The third-order valence-corrected chi connectivity index (χ3v) is 8.12. The average Bonchev–Trinajstić information content (AvgIpc) is 3.40. The number of fused-ring (bicyclic) bond motifs is 1. The summed E-state index contributed by atoms with van der Waals surface area (Å²) in [6, 6.07) is 8.17. The van der Waals surface area contributed by atoms with Crippen LogP contribution in [-0.2, 0) is 14.6 Å². The first-order chi connectivity index (χ1) is 18.7. The normalized spacial score (nSPS) is 14.3. The van der Waals surface area contributed by atoms with Crippen molar-refractivity contribution >= 4 is 38.3 Å². The molecule has 1 saturated heterocycles. The monoisotopic (exact) mass is 552 g/mol. The van der Waals surface area contributed by atoms with Gasteiger partial charge >= 0.3 is 5.69 Å². The number of rotatable bonds is 9. The van der Waals surface area contributed by atoms with Crippen LogP contribution in [0.2, 0.25) is 0 Å². The van der Waals surface area contributed by atoms with Crippen LogP contribution in [0.5, 0.6) is 11.5 Å². The second-order valence-corrected chi connectivity index (χ2v) is 10.8. The fourth-order valence-electron chi connectivity index (χ4n) is 4.30. The van der Waals surface area contributed by atoms with Gasteiger partial charge in [0.05, 0.1) is 21.6 Å². The molecule has 14 heteroatoms. The van der Waals surface area contributed by atoms with E-state index in [-0.39, 0.29) is 28.8 Å². The third-order valence-electron chi connectivity index (χ3n) is 6.38. The summed E-state index contributed by atoms with van der Waals surface area (Å²) in [6.07, 6.45) is 5.68. The van der Waals surface area contributed by atoms with E-state index in [0.717, 1.165) is 25.1 Å². The Kier molecular flexibility index (Phi) is 7.13. The maximum atomic E-state index is 13.7. The van der Waals surface area contributed by atoms with E-state index in [1.54, 1.807) is 18.3 Å². The van der Waals surface area contributed by atoms with Crippen LogP contribution in [0.4, 0.5) is 11.5 Å². The van der Waals surface area contributed by atoms with E-state index in [1.807, 2.05) is 0 Å². The number of carbonyl (C=O) groups is 1. The van der Waals surface area contributed by atoms with Crippen LogP contribution >= 0.6 is 0 Å². The Bertz CT molecular complexity index is 1660. The number of hydrogen-bond donors (Lipinski definition) is 3. The molecule has 3 aromatic heterocycles. The molecule has 5 rings (SSSR count). The van der Waals surface area contributed by atoms with E-state index in [0.29, 0.717) is 30.8 Å². The molecule has 1 aromatic carbocycles. The number of anilines is 1. The highest BCUT2D eigenvalue weighted by atomic mass is 32.2. The molecule has 1 fully saturated rings. The predicted molar refractivity (Wildman–Crippen MR) is 140 cm³/mol. The lowest BCUT2D eigenvalue weighted by Crippen LogP contribution is -2.23. The summed E-state index contributed by atoms with van der Waals surface area (Å²) in [5.41, 5.74) is 5.41. The van der Waals surface area contributed by atoms with E-state index in [4.69, 9.17) is 15.2 Å². The molecule has 1 amide bonds. The van der Waals surface area contributed by atoms with E-state index in [2.05, 4.69) is 20.3 Å². The summed E-state index contributed by atoms with van der Waals surface area (Å²) in [7, 11) is -4.46. The van der Waals surface area contributed by atoms with E-state index >= 15 is 0 Å². The zero-order chi connectivity index (χ0) is 27.6. The molecule has 4 heterocycles. The molecule has 0 aliphatic carbocycles. The molecule has 0 radical (unpaired) electrons. The van der Waals surface area contributed by atoms with Crippen molar-refractivity contribution in [3.63, 3.8) is 0 Å². The molecule has 4 aromatic rings. The smallest absolute Gasteiger partial charge is 0.312 e. The van der Waals surface area contributed by atoms with Crippen molar-refractivity contribution in [2.75, 3.05) is 25.1 Å². The lowest BCUT2D eigenvalue weighted by Gasteiger charge is -2.22. The number of H-pyrrole nitrogens is 1. The Morgan fingerprint density at radius 1 is 1.21 bits per heavy atom. The molecular formula is C25H24N6O7S. The topological polar surface area (TPSA) is 192 Å². The number of nitrogens with two attached hydrogens (primary N) is 1. The Hall–Kier alpha value is -4.56. The lowest BCUT2D eigenvalue weighted by molar-refractivity contribution is -0.384. The molecule has 0 spiro atoms. The Labute approximate surface area is 222 Å². The molecule has 13 nitrogen and oxygen atoms in total. The quantitative estimate of drug-likeness (QED) is 0.205. The van der Waals surface area contributed by atoms with Crippen molar-refractivity contribution < 1.29 is 27.6 Å². The number of sulfone groups is 1. The summed E-state index contributed by atoms with van der Waals surface area (Å²) in [5, 5.41) is 15.5. The fourth-order valence-corrected chi connectivity index (χ4v) is 5.66. The highest BCUT2D eigenvalue weighted by molar-refractivity contribution is 7.91. The van der Waals surface area contributed by atoms with Crippen molar-refractivity contribution in [3.8, 4) is 11.5 Å². The molecule has 0 atom stereocenters. The molecule has 1 aliphatic heterocycles. The van der Waals surface area contributed by atoms with Crippen LogP contribution in [0.3, 0.4) is 0 Å². The number of nitrogens with one attached hydrogen (secondary N) is 2. The maximum absolute atomic E-state index is 13.7. The number of primary amides is 1. The van der Waals surface area contributed by atoms with E-state index < -0.39 is 36.1 Å². The van der Waals surface area contributed by atoms with Crippen LogP contribution in [0.1, 0.15) is 23.2 Å². The van der Waals surface area contributed by atoms with Crippen LogP contribution < -0.4 is 15.8 Å². The van der Waals surface area contributed by atoms with Crippen LogP contribution in [0, 0.1) is 16.0 Å². The molecular weight excluding hydrogens is 528 g/mol. The maximum Gasteiger partial charge on any atom is 0.312 e. The number of ether oxygens (including phenoxy) is 2. The Morgan fingerprint density at radius 3 is 2.74 bits per heavy atom. The third kappa shape index (κ3) is 5.37. The van der Waals surface area contributed by atoms with Crippen LogP contribution in [-0.4, -0.2) is 54.0 Å². The summed E-state index contributed by atoms with van der Waals surface area (Å²) in [4.78, 5) is 33.7. The fraction of sp³-hybridized carbons (Fsp3) is 0.240. The van der Waals surface area contributed by atoms with Gasteiger partial charge < -0.3 is 25.5 Å². The van der Waals surface area contributed by atoms with Crippen molar-refractivity contribution in [1.29, 1.82) is 0 Å². The number of aromatic nitrogens is 3. The van der Waals surface area contributed by atoms with Gasteiger partial charge in [-0.1, -0.05) is 6.07 Å². The van der Waals surface area contributed by atoms with Gasteiger partial charge in [-0.3, -0.25) is 14.9 Å². The molecule has 0 saturated carbocycles. The van der Waals surface area contributed by atoms with E-state index in [1.165, 1.54) is 24.4 Å². The molecule has 4 N–H and O–H groups in total. The van der Waals surface area contributed by atoms with Crippen LogP contribution in [0.15, 0.2) is 64.8 Å². The van der Waals surface area contributed by atoms with Gasteiger partial charge in [0.25, 0.3) is 5.91 Å². The van der Waals surface area contributed by atoms with Crippen molar-refractivity contribution in [1.82, 2.24) is 15.0 Å². The number of nitro groups is 1. The van der Waals surface area contributed by atoms with Crippen molar-refractivity contribution in [3.05, 3.63) is 70.7 Å². The average molecular weight is 553 g/mol. The summed E-state index contributed by atoms with van der Waals surface area (Å²) < 4.78 is 38.7. The first-order valence-electron chi connectivity index (χ1n) is 12.0. The second-order valence-electron chi connectivity index (χ2n) is 8.92. The number of nitrogens with zero attached hydrogens (tertiary/aromatic N) is 3. The summed E-state index contributed by atoms with van der Waals surface area (Å²) >= 11 is 0. The van der Waals surface area contributed by atoms with Crippen LogP contribution in [0.25, 0.3) is 11.0 Å². The number of amides is 1. The van der Waals surface area contributed by atoms with Gasteiger partial charge in [0.15, 0.2) is 5.75 Å². The van der Waals surface area contributed by atoms with Gasteiger partial charge in [0.1, 0.15) is 16.3 Å². The molecule has 0 unspecified atom stereocenters. The first-order valence-corrected chi connectivity index (χ1v) is 13.5. The number of aromatic amines is 1. The summed E-state index contributed by atoms with van der Waals surface area (Å²) in [5.74, 6) is -0.886. The highest BCUT2D eigenvalue weighted by Gasteiger charge is 2.30. The number of benzene rings is 1. The molecule has 39 heavy (non-hydrogen) atoms. The Morgan fingerprint density at radius 2 is 2.00 bits per heavy atom. The zero-order valence-electron chi connectivity index (χ0n) is 20.5.